The Kier molecular flexibility index (Phi) is 6.34. The Morgan fingerprint density at radius 2 is 2.03 bits per heavy atom. The van der Waals surface area contributed by atoms with E-state index < -0.39 is 11.7 Å². The van der Waals surface area contributed by atoms with Crippen LogP contribution >= 0.6 is 0 Å². The van der Waals surface area contributed by atoms with Gasteiger partial charge in [0, 0.05) is 41.3 Å². The van der Waals surface area contributed by atoms with Crippen LogP contribution in [0.1, 0.15) is 59.1 Å². The number of pyridine rings is 2. The molecule has 36 heavy (non-hydrogen) atoms. The molecule has 7 nitrogen and oxygen atoms in total. The Hall–Kier alpha value is -3.24. The number of hydrogen-bond donors (Lipinski definition) is 1. The summed E-state index contributed by atoms with van der Waals surface area (Å²) in [5.41, 5.74) is 8.62. The van der Waals surface area contributed by atoms with Gasteiger partial charge in [0.25, 0.3) is 5.91 Å². The van der Waals surface area contributed by atoms with Crippen LogP contribution in [0.3, 0.4) is 0 Å². The zero-order valence-electron chi connectivity index (χ0n) is 20.0. The van der Waals surface area contributed by atoms with Gasteiger partial charge in [-0.2, -0.15) is 13.2 Å². The SMILES string of the molecule is C[C@@H]1OCc2c1c(N)nc1ccc(C(=O)N(Cc3ccc(C(F)(F)F)cn3)[C@H]3CCOC[C@H]3C)cc21. The molecule has 4 heterocycles. The van der Waals surface area contributed by atoms with Crippen molar-refractivity contribution in [2.75, 3.05) is 18.9 Å². The van der Waals surface area contributed by atoms with Crippen molar-refractivity contribution in [3.8, 4) is 0 Å². The van der Waals surface area contributed by atoms with Crippen molar-refractivity contribution in [2.45, 2.75) is 51.7 Å². The highest BCUT2D eigenvalue weighted by molar-refractivity contribution is 5.99. The van der Waals surface area contributed by atoms with Gasteiger partial charge >= 0.3 is 6.18 Å². The fourth-order valence-corrected chi connectivity index (χ4v) is 5.10. The molecule has 2 aliphatic rings. The maximum atomic E-state index is 13.9. The Bertz CT molecular complexity index is 1300. The van der Waals surface area contributed by atoms with Gasteiger partial charge in [0.15, 0.2) is 0 Å². The quantitative estimate of drug-likeness (QED) is 0.549. The molecule has 2 N–H and O–H groups in total. The summed E-state index contributed by atoms with van der Waals surface area (Å²) in [7, 11) is 0. The van der Waals surface area contributed by atoms with E-state index in [9.17, 15) is 18.0 Å². The molecule has 0 bridgehead atoms. The normalized spacial score (nSPS) is 22.0. The summed E-state index contributed by atoms with van der Waals surface area (Å²) in [5.74, 6) is 0.250. The predicted octanol–water partition coefficient (Wildman–Crippen LogP) is 4.89. The number of aromatic nitrogens is 2. The molecule has 1 amide bonds. The fourth-order valence-electron chi connectivity index (χ4n) is 5.10. The lowest BCUT2D eigenvalue weighted by atomic mass is 9.94. The lowest BCUT2D eigenvalue weighted by molar-refractivity contribution is -0.137. The Morgan fingerprint density at radius 1 is 1.22 bits per heavy atom. The third-order valence-corrected chi connectivity index (χ3v) is 7.04. The van der Waals surface area contributed by atoms with Crippen LogP contribution in [-0.2, 0) is 28.8 Å². The van der Waals surface area contributed by atoms with Gasteiger partial charge in [0.05, 0.1) is 42.6 Å². The average Bonchev–Trinajstić information content (AvgIpc) is 3.25. The maximum Gasteiger partial charge on any atom is 0.417 e. The molecule has 1 aromatic carbocycles. The first-order valence-corrected chi connectivity index (χ1v) is 11.9. The number of nitrogen functional groups attached to an aromatic ring is 1. The van der Waals surface area contributed by atoms with E-state index in [1.807, 2.05) is 19.9 Å². The van der Waals surface area contributed by atoms with E-state index in [1.54, 1.807) is 17.0 Å². The van der Waals surface area contributed by atoms with Crippen LogP contribution in [0, 0.1) is 5.92 Å². The van der Waals surface area contributed by atoms with Crippen LogP contribution in [0.25, 0.3) is 10.9 Å². The molecule has 10 heteroatoms. The van der Waals surface area contributed by atoms with Gasteiger partial charge in [-0.1, -0.05) is 6.92 Å². The second kappa shape index (κ2) is 9.33. The van der Waals surface area contributed by atoms with Gasteiger partial charge in [0.1, 0.15) is 5.82 Å². The number of benzene rings is 1. The lowest BCUT2D eigenvalue weighted by Gasteiger charge is -2.38. The Morgan fingerprint density at radius 3 is 2.72 bits per heavy atom. The minimum atomic E-state index is -4.47. The molecule has 0 aliphatic carbocycles. The molecule has 1 saturated heterocycles. The number of halogens is 3. The minimum absolute atomic E-state index is 0.0533. The standard InChI is InChI=1S/C26H27F3N4O3/c1-14-12-35-8-7-22(14)33(11-18-5-4-17(10-31-18)26(27,28)29)25(34)16-3-6-21-19(9-16)20-13-36-15(2)23(20)24(30)32-21/h3-6,9-10,14-15,22H,7-8,11-13H2,1-2H3,(H2,30,32)/t14-,15+,22+/m1/s1. The number of nitrogens with zero attached hydrogens (tertiary/aromatic N) is 3. The first-order valence-electron chi connectivity index (χ1n) is 11.9. The van der Waals surface area contributed by atoms with E-state index in [2.05, 4.69) is 9.97 Å². The topological polar surface area (TPSA) is 90.6 Å². The van der Waals surface area contributed by atoms with Crippen molar-refractivity contribution in [3.63, 3.8) is 0 Å². The summed E-state index contributed by atoms with van der Waals surface area (Å²) in [6.45, 7) is 5.39. The van der Waals surface area contributed by atoms with E-state index in [1.165, 1.54) is 6.07 Å². The van der Waals surface area contributed by atoms with Gasteiger partial charge in [-0.3, -0.25) is 9.78 Å². The second-order valence-corrected chi connectivity index (χ2v) is 9.45. The van der Waals surface area contributed by atoms with Crippen LogP contribution in [0.4, 0.5) is 19.0 Å². The molecular weight excluding hydrogens is 473 g/mol. The monoisotopic (exact) mass is 500 g/mol. The minimum Gasteiger partial charge on any atom is -0.383 e. The molecule has 0 radical (unpaired) electrons. The summed E-state index contributed by atoms with van der Waals surface area (Å²) in [6.07, 6.45) is -3.22. The summed E-state index contributed by atoms with van der Waals surface area (Å²) in [6, 6.07) is 7.46. The molecule has 3 atom stereocenters. The van der Waals surface area contributed by atoms with Gasteiger partial charge in [-0.15, -0.1) is 0 Å². The number of carbonyl (C=O) groups is 1. The third-order valence-electron chi connectivity index (χ3n) is 7.04. The first-order chi connectivity index (χ1) is 17.1. The van der Waals surface area contributed by atoms with Crippen LogP contribution in [0.5, 0.6) is 0 Å². The van der Waals surface area contributed by atoms with E-state index >= 15 is 0 Å². The van der Waals surface area contributed by atoms with Gasteiger partial charge < -0.3 is 20.1 Å². The van der Waals surface area contributed by atoms with Gasteiger partial charge in [-0.25, -0.2) is 4.98 Å². The zero-order chi connectivity index (χ0) is 25.6. The van der Waals surface area contributed by atoms with E-state index in [4.69, 9.17) is 15.2 Å². The number of hydrogen-bond acceptors (Lipinski definition) is 6. The van der Waals surface area contributed by atoms with Crippen molar-refractivity contribution in [2.24, 2.45) is 5.92 Å². The number of alkyl halides is 3. The van der Waals surface area contributed by atoms with E-state index in [-0.39, 0.29) is 30.5 Å². The van der Waals surface area contributed by atoms with Crippen LogP contribution in [0.15, 0.2) is 36.5 Å². The smallest absolute Gasteiger partial charge is 0.383 e. The van der Waals surface area contributed by atoms with Gasteiger partial charge in [-0.05, 0) is 49.2 Å². The third kappa shape index (κ3) is 4.51. The number of ether oxygens (including phenoxy) is 2. The van der Waals surface area contributed by atoms with Crippen LogP contribution < -0.4 is 5.73 Å². The average molecular weight is 501 g/mol. The first kappa shape index (κ1) is 24.5. The van der Waals surface area contributed by atoms with E-state index in [0.29, 0.717) is 48.8 Å². The highest BCUT2D eigenvalue weighted by Gasteiger charge is 2.34. The van der Waals surface area contributed by atoms with Crippen molar-refractivity contribution in [1.82, 2.24) is 14.9 Å². The summed E-state index contributed by atoms with van der Waals surface area (Å²) >= 11 is 0. The molecular formula is C26H27F3N4O3. The Labute approximate surface area is 206 Å². The number of fused-ring (bicyclic) bond motifs is 3. The maximum absolute atomic E-state index is 13.9. The molecule has 3 aromatic rings. The van der Waals surface area contributed by atoms with Crippen LogP contribution in [0.2, 0.25) is 0 Å². The summed E-state index contributed by atoms with van der Waals surface area (Å²) < 4.78 is 50.3. The summed E-state index contributed by atoms with van der Waals surface area (Å²) in [4.78, 5) is 24.1. The molecule has 0 spiro atoms. The highest BCUT2D eigenvalue weighted by Crippen LogP contribution is 2.38. The highest BCUT2D eigenvalue weighted by atomic mass is 19.4. The molecule has 190 valence electrons. The van der Waals surface area contributed by atoms with Crippen LogP contribution in [-0.4, -0.2) is 40.0 Å². The molecule has 5 rings (SSSR count). The number of carbonyl (C=O) groups excluding carboxylic acids is 1. The zero-order valence-corrected chi connectivity index (χ0v) is 20.0. The fraction of sp³-hybridized carbons (Fsp3) is 0.423. The van der Waals surface area contributed by atoms with Gasteiger partial charge in [0.2, 0.25) is 0 Å². The molecule has 1 fully saturated rings. The molecule has 0 unspecified atom stereocenters. The summed E-state index contributed by atoms with van der Waals surface area (Å²) in [5, 5.41) is 0.807. The number of amides is 1. The molecule has 0 saturated carbocycles. The van der Waals surface area contributed by atoms with Crippen molar-refractivity contribution < 1.29 is 27.4 Å². The predicted molar refractivity (Wildman–Crippen MR) is 127 cm³/mol. The molecule has 2 aliphatic heterocycles. The lowest BCUT2D eigenvalue weighted by Crippen LogP contribution is -2.47. The number of anilines is 1. The van der Waals surface area contributed by atoms with E-state index in [0.717, 1.165) is 28.8 Å². The Balaban J connectivity index is 1.51. The van der Waals surface area contributed by atoms with Crippen molar-refractivity contribution in [1.29, 1.82) is 0 Å². The largest absolute Gasteiger partial charge is 0.417 e. The number of nitrogens with two attached hydrogens (primary N) is 1. The molecule has 2 aromatic heterocycles. The number of rotatable bonds is 4. The van der Waals surface area contributed by atoms with Crippen molar-refractivity contribution >= 4 is 22.6 Å². The second-order valence-electron chi connectivity index (χ2n) is 9.45. The van der Waals surface area contributed by atoms with Crippen molar-refractivity contribution in [3.05, 3.63) is 64.5 Å².